The van der Waals surface area contributed by atoms with Crippen molar-refractivity contribution in [3.8, 4) is 11.3 Å². The molecule has 0 saturated heterocycles. The molecule has 1 N–H and O–H groups in total. The molecule has 2 aromatic carbocycles. The van der Waals surface area contributed by atoms with E-state index in [0.717, 1.165) is 22.0 Å². The van der Waals surface area contributed by atoms with Gasteiger partial charge in [0.2, 0.25) is 5.13 Å². The lowest BCUT2D eigenvalue weighted by Crippen LogP contribution is -1.90. The zero-order chi connectivity index (χ0) is 18.0. The molecule has 0 radical (unpaired) electrons. The van der Waals surface area contributed by atoms with Gasteiger partial charge in [-0.25, -0.2) is 4.98 Å². The first-order chi connectivity index (χ1) is 12.8. The Bertz CT molecular complexity index is 811. The Balaban J connectivity index is 1.50. The molecule has 0 bridgehead atoms. The van der Waals surface area contributed by atoms with Crippen molar-refractivity contribution in [1.29, 1.82) is 0 Å². The van der Waals surface area contributed by atoms with E-state index in [-0.39, 0.29) is 0 Å². The van der Waals surface area contributed by atoms with Crippen molar-refractivity contribution in [2.75, 3.05) is 11.2 Å². The quantitative estimate of drug-likeness (QED) is 0.198. The topological polar surface area (TPSA) is 37.3 Å². The number of benzene rings is 2. The normalized spacial score (nSPS) is 11.1. The van der Waals surface area contributed by atoms with Crippen LogP contribution < -0.4 is 5.43 Å². The SMILES string of the molecule is CCCCCSc1ccc(C=NNc2nc(-c3ccccc3)cs2)cc1. The second-order valence-corrected chi connectivity index (χ2v) is 7.92. The zero-order valence-corrected chi connectivity index (χ0v) is 16.5. The first kappa shape index (κ1) is 18.7. The third-order valence-electron chi connectivity index (χ3n) is 3.84. The molecular formula is C21H23N3S2. The summed E-state index contributed by atoms with van der Waals surface area (Å²) in [7, 11) is 0. The molecule has 0 aliphatic rings. The molecule has 26 heavy (non-hydrogen) atoms. The highest BCUT2D eigenvalue weighted by molar-refractivity contribution is 7.99. The van der Waals surface area contributed by atoms with Gasteiger partial charge in [-0.1, -0.05) is 62.2 Å². The average Bonchev–Trinajstić information content (AvgIpc) is 3.16. The van der Waals surface area contributed by atoms with E-state index in [1.54, 1.807) is 11.3 Å². The second kappa shape index (κ2) is 10.1. The molecule has 134 valence electrons. The minimum absolute atomic E-state index is 0.795. The van der Waals surface area contributed by atoms with Gasteiger partial charge in [0.15, 0.2) is 0 Å². The Kier molecular flexibility index (Phi) is 7.28. The van der Waals surface area contributed by atoms with Crippen molar-refractivity contribution in [2.24, 2.45) is 5.10 Å². The molecule has 3 nitrogen and oxygen atoms in total. The van der Waals surface area contributed by atoms with E-state index < -0.39 is 0 Å². The van der Waals surface area contributed by atoms with Crippen LogP contribution in [0.1, 0.15) is 31.7 Å². The highest BCUT2D eigenvalue weighted by Gasteiger charge is 2.02. The van der Waals surface area contributed by atoms with E-state index in [4.69, 9.17) is 0 Å². The molecule has 0 fully saturated rings. The van der Waals surface area contributed by atoms with Gasteiger partial charge in [0, 0.05) is 15.8 Å². The first-order valence-electron chi connectivity index (χ1n) is 8.88. The predicted octanol–water partition coefficient (Wildman–Crippen LogP) is 6.54. The summed E-state index contributed by atoms with van der Waals surface area (Å²) in [5.41, 5.74) is 6.19. The largest absolute Gasteiger partial charge is 0.253 e. The van der Waals surface area contributed by atoms with Crippen molar-refractivity contribution >= 4 is 34.4 Å². The number of nitrogens with one attached hydrogen (secondary N) is 1. The summed E-state index contributed by atoms with van der Waals surface area (Å²) in [6, 6.07) is 18.7. The molecular weight excluding hydrogens is 358 g/mol. The van der Waals surface area contributed by atoms with Gasteiger partial charge in [0.25, 0.3) is 0 Å². The van der Waals surface area contributed by atoms with Gasteiger partial charge >= 0.3 is 0 Å². The number of thiazole rings is 1. The number of aromatic nitrogens is 1. The molecule has 0 aliphatic heterocycles. The van der Waals surface area contributed by atoms with Crippen molar-refractivity contribution in [2.45, 2.75) is 31.1 Å². The van der Waals surface area contributed by atoms with Gasteiger partial charge in [-0.15, -0.1) is 23.1 Å². The van der Waals surface area contributed by atoms with E-state index >= 15 is 0 Å². The fraction of sp³-hybridized carbons (Fsp3) is 0.238. The Morgan fingerprint density at radius 2 is 1.88 bits per heavy atom. The fourth-order valence-corrected chi connectivity index (χ4v) is 4.00. The monoisotopic (exact) mass is 381 g/mol. The Hall–Kier alpha value is -2.11. The molecule has 1 heterocycles. The molecule has 1 aromatic heterocycles. The van der Waals surface area contributed by atoms with Crippen LogP contribution in [0.2, 0.25) is 0 Å². The summed E-state index contributed by atoms with van der Waals surface area (Å²) in [6.07, 6.45) is 5.70. The van der Waals surface area contributed by atoms with Gasteiger partial charge in [0.1, 0.15) is 0 Å². The first-order valence-corrected chi connectivity index (χ1v) is 10.7. The van der Waals surface area contributed by atoms with Gasteiger partial charge in [-0.3, -0.25) is 5.43 Å². The number of hydrazone groups is 1. The third kappa shape index (κ3) is 5.71. The van der Waals surface area contributed by atoms with Crippen LogP contribution in [0.5, 0.6) is 0 Å². The molecule has 0 saturated carbocycles. The molecule has 3 rings (SSSR count). The van der Waals surface area contributed by atoms with Gasteiger partial charge in [-0.05, 0) is 29.9 Å². The Morgan fingerprint density at radius 3 is 2.65 bits per heavy atom. The zero-order valence-electron chi connectivity index (χ0n) is 14.9. The highest BCUT2D eigenvalue weighted by atomic mass is 32.2. The van der Waals surface area contributed by atoms with E-state index in [0.29, 0.717) is 0 Å². The Morgan fingerprint density at radius 1 is 1.08 bits per heavy atom. The minimum Gasteiger partial charge on any atom is -0.253 e. The lowest BCUT2D eigenvalue weighted by molar-refractivity contribution is 0.778. The summed E-state index contributed by atoms with van der Waals surface area (Å²) in [5.74, 6) is 1.19. The van der Waals surface area contributed by atoms with E-state index in [1.807, 2.05) is 41.6 Å². The molecule has 0 atom stereocenters. The molecule has 0 unspecified atom stereocenters. The van der Waals surface area contributed by atoms with Gasteiger partial charge in [-0.2, -0.15) is 5.10 Å². The van der Waals surface area contributed by atoms with Crippen LogP contribution in [-0.2, 0) is 0 Å². The Labute approximate surface area is 163 Å². The van der Waals surface area contributed by atoms with Crippen LogP contribution in [0, 0.1) is 0 Å². The molecule has 0 spiro atoms. The van der Waals surface area contributed by atoms with Crippen molar-refractivity contribution < 1.29 is 0 Å². The molecule has 0 amide bonds. The highest BCUT2D eigenvalue weighted by Crippen LogP contribution is 2.24. The average molecular weight is 382 g/mol. The van der Waals surface area contributed by atoms with Crippen LogP contribution in [0.3, 0.4) is 0 Å². The number of hydrogen-bond donors (Lipinski definition) is 1. The minimum atomic E-state index is 0.795. The van der Waals surface area contributed by atoms with Crippen LogP contribution in [0.4, 0.5) is 5.13 Å². The maximum absolute atomic E-state index is 4.56. The van der Waals surface area contributed by atoms with Gasteiger partial charge < -0.3 is 0 Å². The second-order valence-electron chi connectivity index (χ2n) is 5.90. The maximum atomic E-state index is 4.56. The van der Waals surface area contributed by atoms with Gasteiger partial charge in [0.05, 0.1) is 11.9 Å². The number of unbranched alkanes of at least 4 members (excludes halogenated alkanes) is 2. The van der Waals surface area contributed by atoms with E-state index in [9.17, 15) is 0 Å². The third-order valence-corrected chi connectivity index (χ3v) is 5.69. The number of rotatable bonds is 9. The smallest absolute Gasteiger partial charge is 0.203 e. The van der Waals surface area contributed by atoms with Crippen molar-refractivity contribution in [3.05, 3.63) is 65.5 Å². The lowest BCUT2D eigenvalue weighted by Gasteiger charge is -2.01. The maximum Gasteiger partial charge on any atom is 0.203 e. The van der Waals surface area contributed by atoms with Crippen molar-refractivity contribution in [1.82, 2.24) is 4.98 Å². The fourth-order valence-electron chi connectivity index (χ4n) is 2.42. The molecule has 0 aliphatic carbocycles. The lowest BCUT2D eigenvalue weighted by atomic mass is 10.2. The predicted molar refractivity (Wildman–Crippen MR) is 115 cm³/mol. The number of anilines is 1. The van der Waals surface area contributed by atoms with E-state index in [1.165, 1.54) is 29.9 Å². The van der Waals surface area contributed by atoms with Crippen LogP contribution in [0.25, 0.3) is 11.3 Å². The van der Waals surface area contributed by atoms with Crippen LogP contribution in [0.15, 0.2) is 70.0 Å². The summed E-state index contributed by atoms with van der Waals surface area (Å²) < 4.78 is 0. The van der Waals surface area contributed by atoms with E-state index in [2.05, 4.69) is 58.8 Å². The summed E-state index contributed by atoms with van der Waals surface area (Å²) in [5, 5.41) is 7.14. The number of nitrogens with zero attached hydrogens (tertiary/aromatic N) is 2. The van der Waals surface area contributed by atoms with Crippen LogP contribution >= 0.6 is 23.1 Å². The number of thioether (sulfide) groups is 1. The van der Waals surface area contributed by atoms with Crippen molar-refractivity contribution in [3.63, 3.8) is 0 Å². The number of hydrogen-bond acceptors (Lipinski definition) is 5. The summed E-state index contributed by atoms with van der Waals surface area (Å²) >= 11 is 3.48. The summed E-state index contributed by atoms with van der Waals surface area (Å²) in [6.45, 7) is 2.24. The van der Waals surface area contributed by atoms with Crippen LogP contribution in [-0.4, -0.2) is 17.0 Å². The molecule has 3 aromatic rings. The standard InChI is InChI=1S/C21H23N3S2/c1-2-3-7-14-25-19-12-10-17(11-13-19)15-22-24-21-23-20(16-26-21)18-8-5-4-6-9-18/h4-6,8-13,15-16H,2-3,7,14H2,1H3,(H,23,24). The summed E-state index contributed by atoms with van der Waals surface area (Å²) in [4.78, 5) is 5.88. The molecule has 5 heteroatoms.